The summed E-state index contributed by atoms with van der Waals surface area (Å²) in [6.45, 7) is 8.20. The first-order valence-electron chi connectivity index (χ1n) is 7.22. The van der Waals surface area contributed by atoms with Crippen LogP contribution in [0, 0.1) is 0 Å². The van der Waals surface area contributed by atoms with E-state index in [-0.39, 0.29) is 11.6 Å². The highest BCUT2D eigenvalue weighted by Crippen LogP contribution is 2.25. The summed E-state index contributed by atoms with van der Waals surface area (Å²) in [6, 6.07) is 4.17. The predicted molar refractivity (Wildman–Crippen MR) is 81.7 cm³/mol. The third-order valence-corrected chi connectivity index (χ3v) is 4.20. The van der Waals surface area contributed by atoms with Crippen molar-refractivity contribution in [2.24, 2.45) is 0 Å². The fourth-order valence-corrected chi connectivity index (χ4v) is 3.05. The number of thiophene rings is 1. The van der Waals surface area contributed by atoms with Gasteiger partial charge in [-0.05, 0) is 32.2 Å². The minimum Gasteiger partial charge on any atom is -0.376 e. The summed E-state index contributed by atoms with van der Waals surface area (Å²) < 4.78 is 13.3. The molecule has 1 saturated heterocycles. The number of nitrogens with zero attached hydrogens (tertiary/aromatic N) is 3. The van der Waals surface area contributed by atoms with Gasteiger partial charge in [0.2, 0.25) is 0 Å². The summed E-state index contributed by atoms with van der Waals surface area (Å²) in [5, 5.41) is 6.79. The van der Waals surface area contributed by atoms with Crippen LogP contribution in [-0.2, 0) is 21.4 Å². The fourth-order valence-electron chi connectivity index (χ4n) is 2.35. The third kappa shape index (κ3) is 3.33. The molecule has 0 bridgehead atoms. The molecule has 1 atom stereocenters. The zero-order chi connectivity index (χ0) is 14.9. The van der Waals surface area contributed by atoms with Crippen LogP contribution in [0.4, 0.5) is 0 Å². The summed E-state index contributed by atoms with van der Waals surface area (Å²) in [7, 11) is 0. The quantitative estimate of drug-likeness (QED) is 0.875. The zero-order valence-corrected chi connectivity index (χ0v) is 13.5. The molecule has 114 valence electrons. The molecule has 0 N–H and O–H groups in total. The van der Waals surface area contributed by atoms with Gasteiger partial charge in [0.25, 0.3) is 0 Å². The maximum atomic E-state index is 5.80. The normalized spacial score (nSPS) is 19.9. The molecule has 0 aliphatic carbocycles. The molecule has 0 spiro atoms. The van der Waals surface area contributed by atoms with Gasteiger partial charge in [-0.2, -0.15) is 5.10 Å². The standard InChI is InChI=1S/C15H21N3O2S/c1-15(2,3)18-14(12-10-19-6-7-20-12)16-13(17-18)9-11-5-4-8-21-11/h4-5,8,12H,6-7,9-10H2,1-3H3/t12-/m0/s1. The molecule has 6 heteroatoms. The molecular formula is C15H21N3O2S. The van der Waals surface area contributed by atoms with E-state index < -0.39 is 0 Å². The summed E-state index contributed by atoms with van der Waals surface area (Å²) in [5.74, 6) is 1.71. The number of aromatic nitrogens is 3. The third-order valence-electron chi connectivity index (χ3n) is 3.33. The molecule has 3 heterocycles. The van der Waals surface area contributed by atoms with Crippen LogP contribution in [0.1, 0.15) is 43.4 Å². The van der Waals surface area contributed by atoms with E-state index in [9.17, 15) is 0 Å². The van der Waals surface area contributed by atoms with Crippen molar-refractivity contribution in [3.63, 3.8) is 0 Å². The molecule has 2 aromatic heterocycles. The first kappa shape index (κ1) is 14.7. The molecule has 1 fully saturated rings. The van der Waals surface area contributed by atoms with E-state index >= 15 is 0 Å². The summed E-state index contributed by atoms with van der Waals surface area (Å²) in [4.78, 5) is 6.00. The van der Waals surface area contributed by atoms with E-state index in [2.05, 4.69) is 38.3 Å². The van der Waals surface area contributed by atoms with Gasteiger partial charge >= 0.3 is 0 Å². The van der Waals surface area contributed by atoms with Crippen LogP contribution >= 0.6 is 11.3 Å². The zero-order valence-electron chi connectivity index (χ0n) is 12.7. The summed E-state index contributed by atoms with van der Waals surface area (Å²) >= 11 is 1.73. The van der Waals surface area contributed by atoms with Crippen LogP contribution in [0.3, 0.4) is 0 Å². The summed E-state index contributed by atoms with van der Waals surface area (Å²) in [6.07, 6.45) is 0.643. The van der Waals surface area contributed by atoms with Gasteiger partial charge in [0.1, 0.15) is 6.10 Å². The van der Waals surface area contributed by atoms with Crippen LogP contribution in [0.15, 0.2) is 17.5 Å². The van der Waals surface area contributed by atoms with Crippen molar-refractivity contribution in [1.29, 1.82) is 0 Å². The monoisotopic (exact) mass is 307 g/mol. The van der Waals surface area contributed by atoms with E-state index in [1.165, 1.54) is 4.88 Å². The molecular weight excluding hydrogens is 286 g/mol. The van der Waals surface area contributed by atoms with Crippen LogP contribution in [-0.4, -0.2) is 34.6 Å². The lowest BCUT2D eigenvalue weighted by Gasteiger charge is -2.27. The van der Waals surface area contributed by atoms with Crippen molar-refractivity contribution in [3.8, 4) is 0 Å². The smallest absolute Gasteiger partial charge is 0.159 e. The second-order valence-corrected chi connectivity index (χ2v) is 7.19. The average Bonchev–Trinajstić information content (AvgIpc) is 3.09. The minimum absolute atomic E-state index is 0.123. The molecule has 0 radical (unpaired) electrons. The molecule has 0 unspecified atom stereocenters. The Bertz CT molecular complexity index is 581. The molecule has 0 amide bonds. The highest BCUT2D eigenvalue weighted by Gasteiger charge is 2.28. The fraction of sp³-hybridized carbons (Fsp3) is 0.600. The lowest BCUT2D eigenvalue weighted by Crippen LogP contribution is -2.31. The SMILES string of the molecule is CC(C)(C)n1nc(Cc2cccs2)nc1[C@@H]1COCCO1. The van der Waals surface area contributed by atoms with Crippen LogP contribution in [0.2, 0.25) is 0 Å². The summed E-state index contributed by atoms with van der Waals surface area (Å²) in [5.41, 5.74) is -0.128. The molecule has 21 heavy (non-hydrogen) atoms. The largest absolute Gasteiger partial charge is 0.376 e. The van der Waals surface area contributed by atoms with E-state index in [1.807, 2.05) is 4.68 Å². The van der Waals surface area contributed by atoms with E-state index in [0.717, 1.165) is 18.1 Å². The van der Waals surface area contributed by atoms with Gasteiger partial charge in [-0.25, -0.2) is 9.67 Å². The van der Waals surface area contributed by atoms with E-state index in [4.69, 9.17) is 19.6 Å². The maximum absolute atomic E-state index is 5.80. The second-order valence-electron chi connectivity index (χ2n) is 6.16. The van der Waals surface area contributed by atoms with Crippen LogP contribution < -0.4 is 0 Å². The first-order valence-corrected chi connectivity index (χ1v) is 8.10. The van der Waals surface area contributed by atoms with Crippen molar-refractivity contribution >= 4 is 11.3 Å². The number of rotatable bonds is 3. The first-order chi connectivity index (χ1) is 10.0. The van der Waals surface area contributed by atoms with Gasteiger partial charge in [-0.3, -0.25) is 0 Å². The lowest BCUT2D eigenvalue weighted by atomic mass is 10.1. The number of hydrogen-bond donors (Lipinski definition) is 0. The van der Waals surface area contributed by atoms with Gasteiger partial charge in [0.05, 0.1) is 25.4 Å². The van der Waals surface area contributed by atoms with Crippen molar-refractivity contribution in [2.45, 2.75) is 38.8 Å². The molecule has 1 aliphatic rings. The van der Waals surface area contributed by atoms with Crippen LogP contribution in [0.25, 0.3) is 0 Å². The van der Waals surface area contributed by atoms with Crippen molar-refractivity contribution in [1.82, 2.24) is 14.8 Å². The Balaban J connectivity index is 1.91. The average molecular weight is 307 g/mol. The topological polar surface area (TPSA) is 49.2 Å². The second kappa shape index (κ2) is 5.87. The van der Waals surface area contributed by atoms with E-state index in [0.29, 0.717) is 19.8 Å². The van der Waals surface area contributed by atoms with Gasteiger partial charge in [-0.1, -0.05) is 6.07 Å². The Morgan fingerprint density at radius 1 is 1.38 bits per heavy atom. The molecule has 0 aromatic carbocycles. The van der Waals surface area contributed by atoms with Crippen molar-refractivity contribution in [3.05, 3.63) is 34.0 Å². The Hall–Kier alpha value is -1.24. The number of hydrogen-bond acceptors (Lipinski definition) is 5. The Labute approximate surface area is 128 Å². The van der Waals surface area contributed by atoms with Crippen LogP contribution in [0.5, 0.6) is 0 Å². The number of ether oxygens (including phenoxy) is 2. The highest BCUT2D eigenvalue weighted by molar-refractivity contribution is 7.09. The van der Waals surface area contributed by atoms with Crippen molar-refractivity contribution < 1.29 is 9.47 Å². The van der Waals surface area contributed by atoms with Gasteiger partial charge in [0.15, 0.2) is 11.6 Å². The van der Waals surface area contributed by atoms with Gasteiger partial charge in [0, 0.05) is 11.3 Å². The van der Waals surface area contributed by atoms with E-state index in [1.54, 1.807) is 11.3 Å². The Kier molecular flexibility index (Phi) is 4.10. The Morgan fingerprint density at radius 3 is 2.86 bits per heavy atom. The minimum atomic E-state index is -0.128. The Morgan fingerprint density at radius 2 is 2.24 bits per heavy atom. The molecule has 5 nitrogen and oxygen atoms in total. The van der Waals surface area contributed by atoms with Crippen molar-refractivity contribution in [2.75, 3.05) is 19.8 Å². The molecule has 0 saturated carbocycles. The highest BCUT2D eigenvalue weighted by atomic mass is 32.1. The lowest BCUT2D eigenvalue weighted by molar-refractivity contribution is -0.0960. The molecule has 2 aromatic rings. The molecule has 1 aliphatic heterocycles. The molecule has 3 rings (SSSR count). The maximum Gasteiger partial charge on any atom is 0.159 e. The predicted octanol–water partition coefficient (Wildman–Crippen LogP) is 2.77. The van der Waals surface area contributed by atoms with Gasteiger partial charge in [-0.15, -0.1) is 11.3 Å². The van der Waals surface area contributed by atoms with Gasteiger partial charge < -0.3 is 9.47 Å².